The number of hydrogen-bond donors (Lipinski definition) is 3. The summed E-state index contributed by atoms with van der Waals surface area (Å²) in [7, 11) is 0. The van der Waals surface area contributed by atoms with Crippen molar-refractivity contribution in [3.63, 3.8) is 0 Å². The van der Waals surface area contributed by atoms with Gasteiger partial charge in [-0.05, 0) is 30.5 Å². The number of fused-ring (bicyclic) bond motifs is 1. The summed E-state index contributed by atoms with van der Waals surface area (Å²) in [6, 6.07) is 18.6. The molecule has 28 heavy (non-hydrogen) atoms. The van der Waals surface area contributed by atoms with Crippen LogP contribution in [0.25, 0.3) is 0 Å². The first-order valence-electron chi connectivity index (χ1n) is 10.2. The van der Waals surface area contributed by atoms with E-state index in [0.29, 0.717) is 18.9 Å². The van der Waals surface area contributed by atoms with Gasteiger partial charge in [-0.3, -0.25) is 9.79 Å². The van der Waals surface area contributed by atoms with Gasteiger partial charge >= 0.3 is 0 Å². The van der Waals surface area contributed by atoms with Crippen molar-refractivity contribution in [2.24, 2.45) is 4.99 Å². The third-order valence-electron chi connectivity index (χ3n) is 5.20. The van der Waals surface area contributed by atoms with Crippen LogP contribution in [0.15, 0.2) is 59.6 Å². The van der Waals surface area contributed by atoms with Crippen molar-refractivity contribution in [3.05, 3.63) is 65.7 Å². The zero-order valence-corrected chi connectivity index (χ0v) is 16.7. The molecule has 5 heteroatoms. The molecule has 148 valence electrons. The molecule has 0 saturated heterocycles. The molecule has 0 radical (unpaired) electrons. The molecule has 0 fully saturated rings. The lowest BCUT2D eigenvalue weighted by atomic mass is 9.90. The number of guanidine groups is 1. The Morgan fingerprint density at radius 3 is 2.61 bits per heavy atom. The second kappa shape index (κ2) is 9.93. The zero-order chi connectivity index (χ0) is 19.8. The molecular formula is C23H30N4O. The van der Waals surface area contributed by atoms with Crippen LogP contribution in [0.5, 0.6) is 0 Å². The van der Waals surface area contributed by atoms with Crippen LogP contribution in [0, 0.1) is 0 Å². The highest BCUT2D eigenvalue weighted by atomic mass is 16.1. The third-order valence-corrected chi connectivity index (χ3v) is 5.20. The van der Waals surface area contributed by atoms with Crippen LogP contribution in [-0.4, -0.2) is 31.5 Å². The maximum absolute atomic E-state index is 12.0. The average molecular weight is 379 g/mol. The number of para-hydroxylation sites is 1. The number of aliphatic imine (C=N–C) groups is 1. The Balaban J connectivity index is 1.66. The molecule has 2 aromatic rings. The van der Waals surface area contributed by atoms with E-state index in [9.17, 15) is 4.79 Å². The second-order valence-corrected chi connectivity index (χ2v) is 7.15. The van der Waals surface area contributed by atoms with Crippen molar-refractivity contribution in [1.29, 1.82) is 0 Å². The van der Waals surface area contributed by atoms with Gasteiger partial charge in [-0.2, -0.15) is 0 Å². The lowest BCUT2D eigenvalue weighted by molar-refractivity contribution is -0.116. The normalized spacial score (nSPS) is 17.4. The molecule has 2 aromatic carbocycles. The molecule has 0 spiro atoms. The quantitative estimate of drug-likeness (QED) is 0.506. The van der Waals surface area contributed by atoms with Gasteiger partial charge < -0.3 is 16.0 Å². The minimum atomic E-state index is 0.0718. The van der Waals surface area contributed by atoms with Crippen LogP contribution in [0.3, 0.4) is 0 Å². The van der Waals surface area contributed by atoms with Crippen LogP contribution >= 0.6 is 0 Å². The Kier molecular flexibility index (Phi) is 7.06. The zero-order valence-electron chi connectivity index (χ0n) is 16.7. The summed E-state index contributed by atoms with van der Waals surface area (Å²) in [5, 5.41) is 9.72. The van der Waals surface area contributed by atoms with Gasteiger partial charge in [0.2, 0.25) is 5.91 Å². The number of benzene rings is 2. The molecule has 0 bridgehead atoms. The fourth-order valence-electron chi connectivity index (χ4n) is 3.64. The summed E-state index contributed by atoms with van der Waals surface area (Å²) in [6.07, 6.45) is 1.54. The van der Waals surface area contributed by atoms with Gasteiger partial charge in [0.25, 0.3) is 0 Å². The van der Waals surface area contributed by atoms with Crippen LogP contribution in [0.1, 0.15) is 49.7 Å². The number of nitrogens with zero attached hydrogens (tertiary/aromatic N) is 1. The number of nitrogens with one attached hydrogen (secondary N) is 3. The van der Waals surface area contributed by atoms with Crippen molar-refractivity contribution in [1.82, 2.24) is 10.6 Å². The van der Waals surface area contributed by atoms with Gasteiger partial charge in [-0.1, -0.05) is 55.5 Å². The van der Waals surface area contributed by atoms with Crippen molar-refractivity contribution < 1.29 is 4.79 Å². The van der Waals surface area contributed by atoms with Crippen LogP contribution in [-0.2, 0) is 4.79 Å². The highest BCUT2D eigenvalue weighted by molar-refractivity contribution is 5.94. The molecule has 1 heterocycles. The van der Waals surface area contributed by atoms with Gasteiger partial charge in [-0.15, -0.1) is 0 Å². The monoisotopic (exact) mass is 378 g/mol. The molecule has 1 aliphatic heterocycles. The first kappa shape index (κ1) is 19.9. The van der Waals surface area contributed by atoms with E-state index < -0.39 is 0 Å². The molecule has 3 N–H and O–H groups in total. The Morgan fingerprint density at radius 2 is 1.86 bits per heavy atom. The van der Waals surface area contributed by atoms with E-state index in [0.717, 1.165) is 31.2 Å². The van der Waals surface area contributed by atoms with Crippen molar-refractivity contribution in [2.45, 2.75) is 38.5 Å². The number of hydrogen-bond acceptors (Lipinski definition) is 2. The van der Waals surface area contributed by atoms with Gasteiger partial charge in [0.05, 0.1) is 0 Å². The van der Waals surface area contributed by atoms with Gasteiger partial charge in [0.15, 0.2) is 5.96 Å². The molecule has 0 aliphatic carbocycles. The van der Waals surface area contributed by atoms with Crippen molar-refractivity contribution in [3.8, 4) is 0 Å². The molecule has 1 aliphatic rings. The first-order valence-corrected chi connectivity index (χ1v) is 10.2. The minimum absolute atomic E-state index is 0.0718. The third kappa shape index (κ3) is 5.12. The van der Waals surface area contributed by atoms with E-state index in [1.807, 2.05) is 24.3 Å². The molecule has 0 aromatic heterocycles. The van der Waals surface area contributed by atoms with Crippen LogP contribution in [0.4, 0.5) is 5.69 Å². The maximum atomic E-state index is 12.0. The first-order chi connectivity index (χ1) is 13.7. The maximum Gasteiger partial charge on any atom is 0.225 e. The number of amides is 1. The summed E-state index contributed by atoms with van der Waals surface area (Å²) in [6.45, 7) is 6.48. The van der Waals surface area contributed by atoms with E-state index >= 15 is 0 Å². The molecular weight excluding hydrogens is 348 g/mol. The Hall–Kier alpha value is -2.82. The van der Waals surface area contributed by atoms with Crippen LogP contribution in [0.2, 0.25) is 0 Å². The summed E-state index contributed by atoms with van der Waals surface area (Å²) in [4.78, 5) is 16.8. The summed E-state index contributed by atoms with van der Waals surface area (Å²) >= 11 is 0. The van der Waals surface area contributed by atoms with Crippen molar-refractivity contribution >= 4 is 17.6 Å². The minimum Gasteiger partial charge on any atom is -0.357 e. The van der Waals surface area contributed by atoms with Crippen LogP contribution < -0.4 is 16.0 Å². The fourth-order valence-corrected chi connectivity index (χ4v) is 3.64. The SMILES string of the molecule is CCNC(=NCC(CC)c1ccccc1)NCC1CC(=O)Nc2ccccc21. The molecule has 1 amide bonds. The molecule has 2 atom stereocenters. The summed E-state index contributed by atoms with van der Waals surface area (Å²) in [5.74, 6) is 1.42. The molecule has 5 nitrogen and oxygen atoms in total. The highest BCUT2D eigenvalue weighted by Crippen LogP contribution is 2.31. The number of carbonyl (C=O) groups is 1. The lowest BCUT2D eigenvalue weighted by Gasteiger charge is -2.26. The molecule has 3 rings (SSSR count). The van der Waals surface area contributed by atoms with Gasteiger partial charge in [0, 0.05) is 43.6 Å². The molecule has 2 unspecified atom stereocenters. The predicted molar refractivity (Wildman–Crippen MR) is 116 cm³/mol. The van der Waals surface area contributed by atoms with E-state index in [2.05, 4.69) is 60.1 Å². The lowest BCUT2D eigenvalue weighted by Crippen LogP contribution is -2.41. The number of carbonyl (C=O) groups excluding carboxylic acids is 1. The Bertz CT molecular complexity index is 803. The number of rotatable bonds is 7. The fraction of sp³-hybridized carbons (Fsp3) is 0.391. The Morgan fingerprint density at radius 1 is 1.11 bits per heavy atom. The summed E-state index contributed by atoms with van der Waals surface area (Å²) in [5.41, 5.74) is 3.42. The average Bonchev–Trinajstić information content (AvgIpc) is 2.72. The van der Waals surface area contributed by atoms with E-state index in [4.69, 9.17) is 4.99 Å². The largest absolute Gasteiger partial charge is 0.357 e. The topological polar surface area (TPSA) is 65.5 Å². The standard InChI is InChI=1S/C23H30N4O/c1-3-17(18-10-6-5-7-11-18)15-25-23(24-4-2)26-16-19-14-22(28)27-21-13-9-8-12-20(19)21/h5-13,17,19H,3-4,14-16H2,1-2H3,(H,27,28)(H2,24,25,26). The van der Waals surface area contributed by atoms with E-state index in [1.54, 1.807) is 0 Å². The Labute approximate surface area is 167 Å². The van der Waals surface area contributed by atoms with Gasteiger partial charge in [0.1, 0.15) is 0 Å². The molecule has 0 saturated carbocycles. The summed E-state index contributed by atoms with van der Waals surface area (Å²) < 4.78 is 0. The van der Waals surface area contributed by atoms with E-state index in [-0.39, 0.29) is 11.8 Å². The highest BCUT2D eigenvalue weighted by Gasteiger charge is 2.24. The predicted octanol–water partition coefficient (Wildman–Crippen LogP) is 3.86. The second-order valence-electron chi connectivity index (χ2n) is 7.15. The van der Waals surface area contributed by atoms with Gasteiger partial charge in [-0.25, -0.2) is 0 Å². The van der Waals surface area contributed by atoms with Crippen molar-refractivity contribution in [2.75, 3.05) is 25.0 Å². The van der Waals surface area contributed by atoms with E-state index in [1.165, 1.54) is 11.1 Å². The number of anilines is 1. The smallest absolute Gasteiger partial charge is 0.225 e.